The Kier molecular flexibility index (Phi) is 2.63. The van der Waals surface area contributed by atoms with E-state index in [1.165, 1.54) is 23.3 Å². The van der Waals surface area contributed by atoms with Crippen molar-refractivity contribution < 1.29 is 4.39 Å². The summed E-state index contributed by atoms with van der Waals surface area (Å²) in [6.45, 7) is 0.860. The second kappa shape index (κ2) is 4.28. The summed E-state index contributed by atoms with van der Waals surface area (Å²) < 4.78 is 12.9. The highest BCUT2D eigenvalue weighted by atomic mass is 19.1. The molecule has 1 aromatic rings. The fraction of sp³-hybridized carbons (Fsp3) is 0.267. The van der Waals surface area contributed by atoms with E-state index in [0.717, 1.165) is 37.1 Å². The molecule has 1 aliphatic carbocycles. The summed E-state index contributed by atoms with van der Waals surface area (Å²) in [4.78, 5) is 4.60. The summed E-state index contributed by atoms with van der Waals surface area (Å²) in [6.07, 6.45) is 7.72. The van der Waals surface area contributed by atoms with Crippen LogP contribution in [0.5, 0.6) is 0 Å². The number of allylic oxidation sites excluding steroid dienone is 3. The fourth-order valence-electron chi connectivity index (χ4n) is 2.46. The number of hydrogen-bond donors (Lipinski definition) is 0. The van der Waals surface area contributed by atoms with Gasteiger partial charge in [-0.05, 0) is 49.1 Å². The molecule has 0 aromatic heterocycles. The second-order valence-electron chi connectivity index (χ2n) is 4.45. The monoisotopic (exact) mass is 227 g/mol. The van der Waals surface area contributed by atoms with E-state index in [1.807, 2.05) is 12.1 Å². The van der Waals surface area contributed by atoms with E-state index in [4.69, 9.17) is 0 Å². The van der Waals surface area contributed by atoms with E-state index >= 15 is 0 Å². The van der Waals surface area contributed by atoms with Crippen LogP contribution < -0.4 is 0 Å². The van der Waals surface area contributed by atoms with Crippen LogP contribution in [0.1, 0.15) is 24.8 Å². The minimum Gasteiger partial charge on any atom is -0.284 e. The van der Waals surface area contributed by atoms with Crippen LogP contribution in [0.2, 0.25) is 0 Å². The van der Waals surface area contributed by atoms with Gasteiger partial charge in [0.1, 0.15) is 5.82 Å². The molecule has 3 rings (SSSR count). The molecule has 1 aliphatic heterocycles. The highest BCUT2D eigenvalue weighted by Gasteiger charge is 2.18. The topological polar surface area (TPSA) is 12.4 Å². The van der Waals surface area contributed by atoms with Crippen molar-refractivity contribution in [3.05, 3.63) is 58.9 Å². The van der Waals surface area contributed by atoms with Crippen LogP contribution in [0.15, 0.2) is 52.6 Å². The molecule has 2 aliphatic rings. The van der Waals surface area contributed by atoms with Gasteiger partial charge in [-0.1, -0.05) is 17.7 Å². The number of aliphatic imine (C=N–C) groups is 1. The predicted octanol–water partition coefficient (Wildman–Crippen LogP) is 3.67. The van der Waals surface area contributed by atoms with Gasteiger partial charge >= 0.3 is 0 Å². The van der Waals surface area contributed by atoms with Crippen LogP contribution >= 0.6 is 0 Å². The summed E-state index contributed by atoms with van der Waals surface area (Å²) in [5.41, 5.74) is 4.81. The van der Waals surface area contributed by atoms with Crippen molar-refractivity contribution in [2.45, 2.75) is 19.3 Å². The Morgan fingerprint density at radius 1 is 1.06 bits per heavy atom. The van der Waals surface area contributed by atoms with Crippen LogP contribution in [0.3, 0.4) is 0 Å². The molecule has 0 atom stereocenters. The summed E-state index contributed by atoms with van der Waals surface area (Å²) >= 11 is 0. The minimum absolute atomic E-state index is 0.196. The summed E-state index contributed by atoms with van der Waals surface area (Å²) in [5, 5.41) is 0. The third-order valence-electron chi connectivity index (χ3n) is 3.33. The molecule has 0 amide bonds. The molecular weight excluding hydrogens is 213 g/mol. The van der Waals surface area contributed by atoms with E-state index in [9.17, 15) is 4.39 Å². The Bertz CT molecular complexity index is 516. The number of rotatable bonds is 1. The van der Waals surface area contributed by atoms with Crippen molar-refractivity contribution >= 4 is 5.71 Å². The van der Waals surface area contributed by atoms with E-state index in [1.54, 1.807) is 0 Å². The average Bonchev–Trinajstić information content (AvgIpc) is 2.39. The van der Waals surface area contributed by atoms with E-state index < -0.39 is 0 Å². The molecule has 2 heteroatoms. The maximum Gasteiger partial charge on any atom is 0.123 e. The second-order valence-corrected chi connectivity index (χ2v) is 4.45. The van der Waals surface area contributed by atoms with Crippen molar-refractivity contribution in [2.75, 3.05) is 6.54 Å². The molecule has 0 saturated heterocycles. The van der Waals surface area contributed by atoms with Gasteiger partial charge in [-0.3, -0.25) is 4.99 Å². The lowest BCUT2D eigenvalue weighted by Crippen LogP contribution is -2.14. The van der Waals surface area contributed by atoms with E-state index in [2.05, 4.69) is 17.1 Å². The Labute approximate surface area is 100 Å². The minimum atomic E-state index is -0.196. The van der Waals surface area contributed by atoms with Crippen molar-refractivity contribution in [1.29, 1.82) is 0 Å². The molecule has 0 bridgehead atoms. The lowest BCUT2D eigenvalue weighted by Gasteiger charge is -2.21. The molecule has 0 spiro atoms. The molecule has 0 saturated carbocycles. The molecule has 86 valence electrons. The average molecular weight is 227 g/mol. The molecule has 0 unspecified atom stereocenters. The van der Waals surface area contributed by atoms with Gasteiger partial charge in [0, 0.05) is 12.1 Å². The SMILES string of the molecule is Fc1ccc(C2=NCCC3=C2C=CCC3)cc1. The van der Waals surface area contributed by atoms with Gasteiger partial charge in [0.2, 0.25) is 0 Å². The van der Waals surface area contributed by atoms with E-state index in [-0.39, 0.29) is 5.82 Å². The zero-order valence-electron chi connectivity index (χ0n) is 9.62. The molecule has 0 N–H and O–H groups in total. The third kappa shape index (κ3) is 1.95. The number of hydrogen-bond acceptors (Lipinski definition) is 1. The molecule has 1 nitrogen and oxygen atoms in total. The molecule has 0 radical (unpaired) electrons. The lowest BCUT2D eigenvalue weighted by atomic mass is 9.87. The number of nitrogens with zero attached hydrogens (tertiary/aromatic N) is 1. The molecule has 17 heavy (non-hydrogen) atoms. The van der Waals surface area contributed by atoms with Gasteiger partial charge in [0.25, 0.3) is 0 Å². The molecule has 1 aromatic carbocycles. The highest BCUT2D eigenvalue weighted by Crippen LogP contribution is 2.28. The van der Waals surface area contributed by atoms with Crippen LogP contribution in [0, 0.1) is 5.82 Å². The first-order valence-corrected chi connectivity index (χ1v) is 6.04. The van der Waals surface area contributed by atoms with Gasteiger partial charge in [0.15, 0.2) is 0 Å². The fourth-order valence-corrected chi connectivity index (χ4v) is 2.46. The summed E-state index contributed by atoms with van der Waals surface area (Å²) in [5.74, 6) is -0.196. The first-order chi connectivity index (χ1) is 8.34. The van der Waals surface area contributed by atoms with Crippen LogP contribution in [0.25, 0.3) is 0 Å². The molecule has 1 heterocycles. The van der Waals surface area contributed by atoms with Gasteiger partial charge in [-0.25, -0.2) is 4.39 Å². The van der Waals surface area contributed by atoms with Crippen LogP contribution in [-0.4, -0.2) is 12.3 Å². The standard InChI is InChI=1S/C15H14FN/c16-13-7-5-12(6-8-13)15-14-4-2-1-3-11(14)9-10-17-15/h2,4-8H,1,3,9-10H2. The summed E-state index contributed by atoms with van der Waals surface area (Å²) in [7, 11) is 0. The number of benzene rings is 1. The number of halogens is 1. The molecule has 0 fully saturated rings. The Hall–Kier alpha value is -1.70. The quantitative estimate of drug-likeness (QED) is 0.694. The maximum absolute atomic E-state index is 12.9. The van der Waals surface area contributed by atoms with Crippen LogP contribution in [0.4, 0.5) is 4.39 Å². The zero-order chi connectivity index (χ0) is 11.7. The smallest absolute Gasteiger partial charge is 0.123 e. The largest absolute Gasteiger partial charge is 0.284 e. The number of dihydropyridines is 1. The van der Waals surface area contributed by atoms with Gasteiger partial charge in [-0.2, -0.15) is 0 Å². The van der Waals surface area contributed by atoms with Crippen molar-refractivity contribution in [2.24, 2.45) is 4.99 Å². The predicted molar refractivity (Wildman–Crippen MR) is 67.8 cm³/mol. The highest BCUT2D eigenvalue weighted by molar-refractivity contribution is 6.15. The zero-order valence-corrected chi connectivity index (χ0v) is 9.62. The van der Waals surface area contributed by atoms with Gasteiger partial charge in [0.05, 0.1) is 5.71 Å². The third-order valence-corrected chi connectivity index (χ3v) is 3.33. The van der Waals surface area contributed by atoms with Crippen molar-refractivity contribution in [1.82, 2.24) is 0 Å². The van der Waals surface area contributed by atoms with Gasteiger partial charge in [-0.15, -0.1) is 0 Å². The molecular formula is C15H14FN. The van der Waals surface area contributed by atoms with Crippen molar-refractivity contribution in [3.63, 3.8) is 0 Å². The Morgan fingerprint density at radius 2 is 1.88 bits per heavy atom. The first-order valence-electron chi connectivity index (χ1n) is 6.04. The Balaban J connectivity index is 2.02. The van der Waals surface area contributed by atoms with Gasteiger partial charge < -0.3 is 0 Å². The maximum atomic E-state index is 12.9. The Morgan fingerprint density at radius 3 is 2.71 bits per heavy atom. The normalized spacial score (nSPS) is 19.0. The summed E-state index contributed by atoms with van der Waals surface area (Å²) in [6, 6.07) is 6.62. The first kappa shape index (κ1) is 10.5. The lowest BCUT2D eigenvalue weighted by molar-refractivity contribution is 0.628. The van der Waals surface area contributed by atoms with E-state index in [0.29, 0.717) is 0 Å². The van der Waals surface area contributed by atoms with Crippen molar-refractivity contribution in [3.8, 4) is 0 Å². The van der Waals surface area contributed by atoms with Crippen LogP contribution in [-0.2, 0) is 0 Å².